The van der Waals surface area contributed by atoms with E-state index in [2.05, 4.69) is 34.6 Å². The van der Waals surface area contributed by atoms with Crippen molar-refractivity contribution in [1.29, 1.82) is 0 Å². The summed E-state index contributed by atoms with van der Waals surface area (Å²) in [5.74, 6) is 1.45. The van der Waals surface area contributed by atoms with E-state index in [0.29, 0.717) is 5.91 Å². The number of fused-ring (bicyclic) bond motifs is 1. The molecule has 0 spiro atoms. The van der Waals surface area contributed by atoms with Crippen molar-refractivity contribution in [2.45, 2.75) is 57.7 Å². The van der Waals surface area contributed by atoms with Crippen LogP contribution in [0.25, 0.3) is 11.0 Å². The second-order valence-corrected chi connectivity index (χ2v) is 7.16. The minimum atomic E-state index is 0.111. The van der Waals surface area contributed by atoms with E-state index in [4.69, 9.17) is 10.7 Å². The summed E-state index contributed by atoms with van der Waals surface area (Å²) in [4.78, 5) is 20.0. The molecule has 1 saturated heterocycles. The number of carbonyl (C=O) groups excluding carboxylic acids is 1. The van der Waals surface area contributed by atoms with E-state index in [9.17, 15) is 4.79 Å². The smallest absolute Gasteiger partial charge is 0.226 e. The zero-order valence-corrected chi connectivity index (χ0v) is 14.3. The molecule has 4 rings (SSSR count). The third-order valence-corrected chi connectivity index (χ3v) is 5.66. The van der Waals surface area contributed by atoms with Gasteiger partial charge in [0.1, 0.15) is 5.82 Å². The molecule has 0 bridgehead atoms. The van der Waals surface area contributed by atoms with Crippen LogP contribution in [0.2, 0.25) is 0 Å². The normalized spacial score (nSPS) is 27.2. The first-order valence-electron chi connectivity index (χ1n) is 9.20. The van der Waals surface area contributed by atoms with Crippen molar-refractivity contribution in [3.05, 3.63) is 30.1 Å². The maximum absolute atomic E-state index is 13.0. The highest BCUT2D eigenvalue weighted by molar-refractivity contribution is 5.80. The quantitative estimate of drug-likeness (QED) is 0.943. The zero-order valence-electron chi connectivity index (χ0n) is 14.3. The van der Waals surface area contributed by atoms with E-state index in [1.54, 1.807) is 0 Å². The van der Waals surface area contributed by atoms with Gasteiger partial charge in [0.25, 0.3) is 0 Å². The molecule has 1 aliphatic carbocycles. The predicted molar refractivity (Wildman–Crippen MR) is 94.4 cm³/mol. The van der Waals surface area contributed by atoms with Crippen molar-refractivity contribution in [3.8, 4) is 0 Å². The lowest BCUT2D eigenvalue weighted by Crippen LogP contribution is -2.36. The number of hydrogen-bond acceptors (Lipinski definition) is 3. The fraction of sp³-hybridized carbons (Fsp3) is 0.579. The second kappa shape index (κ2) is 6.20. The van der Waals surface area contributed by atoms with Crippen molar-refractivity contribution in [2.75, 3.05) is 6.54 Å². The molecule has 3 unspecified atom stereocenters. The second-order valence-electron chi connectivity index (χ2n) is 7.16. The number of carbonyl (C=O) groups is 1. The molecule has 2 N–H and O–H groups in total. The third-order valence-electron chi connectivity index (χ3n) is 5.66. The number of aromatic nitrogens is 2. The molecular weight excluding hydrogens is 300 g/mol. The number of likely N-dealkylation sites (tertiary alicyclic amines) is 1. The Labute approximate surface area is 142 Å². The van der Waals surface area contributed by atoms with Crippen molar-refractivity contribution in [3.63, 3.8) is 0 Å². The van der Waals surface area contributed by atoms with Crippen LogP contribution in [0.3, 0.4) is 0 Å². The summed E-state index contributed by atoms with van der Waals surface area (Å²) in [5, 5.41) is 0. The van der Waals surface area contributed by atoms with E-state index in [0.717, 1.165) is 62.1 Å². The molecule has 2 heterocycles. The largest absolute Gasteiger partial charge is 0.332 e. The fourth-order valence-corrected chi connectivity index (χ4v) is 4.46. The molecule has 2 fully saturated rings. The van der Waals surface area contributed by atoms with Crippen LogP contribution in [-0.2, 0) is 11.3 Å². The van der Waals surface area contributed by atoms with Gasteiger partial charge in [-0.25, -0.2) is 4.98 Å². The first-order chi connectivity index (χ1) is 11.7. The highest BCUT2D eigenvalue weighted by Gasteiger charge is 2.38. The topological polar surface area (TPSA) is 64.2 Å². The van der Waals surface area contributed by atoms with Gasteiger partial charge in [-0.1, -0.05) is 12.1 Å². The summed E-state index contributed by atoms with van der Waals surface area (Å²) in [6, 6.07) is 8.56. The summed E-state index contributed by atoms with van der Waals surface area (Å²) in [7, 11) is 0. The van der Waals surface area contributed by atoms with Crippen LogP contribution in [0.5, 0.6) is 0 Å². The summed E-state index contributed by atoms with van der Waals surface area (Å²) in [5.41, 5.74) is 8.21. The van der Waals surface area contributed by atoms with Gasteiger partial charge >= 0.3 is 0 Å². The highest BCUT2D eigenvalue weighted by Crippen LogP contribution is 2.36. The number of nitrogens with two attached hydrogens (primary N) is 1. The van der Waals surface area contributed by atoms with Gasteiger partial charge in [-0.15, -0.1) is 0 Å². The van der Waals surface area contributed by atoms with Crippen LogP contribution >= 0.6 is 0 Å². The minimum Gasteiger partial charge on any atom is -0.332 e. The zero-order chi connectivity index (χ0) is 16.7. The molecule has 3 atom stereocenters. The molecule has 24 heavy (non-hydrogen) atoms. The Morgan fingerprint density at radius 2 is 2.12 bits per heavy atom. The molecule has 1 aromatic carbocycles. The Hall–Kier alpha value is -1.88. The lowest BCUT2D eigenvalue weighted by molar-refractivity contribution is -0.136. The van der Waals surface area contributed by atoms with E-state index in [-0.39, 0.29) is 18.0 Å². The number of imidazole rings is 1. The molecule has 1 aromatic heterocycles. The van der Waals surface area contributed by atoms with E-state index in [1.807, 2.05) is 6.07 Å². The summed E-state index contributed by atoms with van der Waals surface area (Å²) >= 11 is 0. The number of rotatable bonds is 3. The van der Waals surface area contributed by atoms with E-state index in [1.165, 1.54) is 0 Å². The summed E-state index contributed by atoms with van der Waals surface area (Å²) < 4.78 is 2.27. The van der Waals surface area contributed by atoms with Crippen LogP contribution in [-0.4, -0.2) is 32.9 Å². The SMILES string of the molecule is CCn1c(C2CCCN2C(=O)C2CCC(N)C2)nc2ccccc21. The molecule has 5 nitrogen and oxygen atoms in total. The van der Waals surface area contributed by atoms with Crippen molar-refractivity contribution in [1.82, 2.24) is 14.5 Å². The van der Waals surface area contributed by atoms with Crippen molar-refractivity contribution in [2.24, 2.45) is 11.7 Å². The monoisotopic (exact) mass is 326 g/mol. The van der Waals surface area contributed by atoms with Crippen LogP contribution in [0, 0.1) is 5.92 Å². The molecule has 1 saturated carbocycles. The van der Waals surface area contributed by atoms with Gasteiger partial charge in [0.2, 0.25) is 5.91 Å². The van der Waals surface area contributed by atoms with Gasteiger partial charge in [-0.2, -0.15) is 0 Å². The van der Waals surface area contributed by atoms with Crippen LogP contribution < -0.4 is 5.73 Å². The van der Waals surface area contributed by atoms with Gasteiger partial charge < -0.3 is 15.2 Å². The number of hydrogen-bond donors (Lipinski definition) is 1. The lowest BCUT2D eigenvalue weighted by atomic mass is 10.1. The molecule has 5 heteroatoms. The van der Waals surface area contributed by atoms with Gasteiger partial charge in [-0.05, 0) is 51.2 Å². The van der Waals surface area contributed by atoms with Gasteiger partial charge in [0.15, 0.2) is 0 Å². The predicted octanol–water partition coefficient (Wildman–Crippen LogP) is 2.85. The third kappa shape index (κ3) is 2.51. The molecule has 1 amide bonds. The molecular formula is C19H26N4O. The summed E-state index contributed by atoms with van der Waals surface area (Å²) in [6.07, 6.45) is 4.82. The molecule has 2 aliphatic rings. The number of para-hydroxylation sites is 2. The molecule has 2 aromatic rings. The minimum absolute atomic E-state index is 0.111. The highest BCUT2D eigenvalue weighted by atomic mass is 16.2. The first kappa shape index (κ1) is 15.6. The Balaban J connectivity index is 1.66. The summed E-state index contributed by atoms with van der Waals surface area (Å²) in [6.45, 7) is 3.87. The molecule has 0 radical (unpaired) electrons. The Morgan fingerprint density at radius 1 is 1.29 bits per heavy atom. The number of aryl methyl sites for hydroxylation is 1. The van der Waals surface area contributed by atoms with Crippen molar-refractivity contribution < 1.29 is 4.79 Å². The fourth-order valence-electron chi connectivity index (χ4n) is 4.46. The maximum atomic E-state index is 13.0. The molecule has 1 aliphatic heterocycles. The lowest BCUT2D eigenvalue weighted by Gasteiger charge is -2.27. The van der Waals surface area contributed by atoms with Crippen LogP contribution in [0.15, 0.2) is 24.3 Å². The Morgan fingerprint density at radius 3 is 2.88 bits per heavy atom. The molecule has 128 valence electrons. The Bertz CT molecular complexity index is 753. The average Bonchev–Trinajstić information content (AvgIpc) is 3.31. The number of nitrogens with zero attached hydrogens (tertiary/aromatic N) is 3. The first-order valence-corrected chi connectivity index (χ1v) is 9.20. The average molecular weight is 326 g/mol. The van der Waals surface area contributed by atoms with Gasteiger partial charge in [-0.3, -0.25) is 4.79 Å². The van der Waals surface area contributed by atoms with E-state index < -0.39 is 0 Å². The van der Waals surface area contributed by atoms with Crippen molar-refractivity contribution >= 4 is 16.9 Å². The van der Waals surface area contributed by atoms with Gasteiger partial charge in [0, 0.05) is 25.0 Å². The Kier molecular flexibility index (Phi) is 4.04. The van der Waals surface area contributed by atoms with E-state index >= 15 is 0 Å². The number of benzene rings is 1. The number of amides is 1. The van der Waals surface area contributed by atoms with Gasteiger partial charge in [0.05, 0.1) is 17.1 Å². The van der Waals surface area contributed by atoms with Crippen LogP contribution in [0.1, 0.15) is 50.9 Å². The standard InChI is InChI=1S/C19H26N4O/c1-2-22-16-7-4-3-6-15(16)21-18(22)17-8-5-11-23(17)19(24)13-9-10-14(20)12-13/h3-4,6-7,13-14,17H,2,5,8-12,20H2,1H3. The maximum Gasteiger partial charge on any atom is 0.226 e. The van der Waals surface area contributed by atoms with Crippen LogP contribution in [0.4, 0.5) is 0 Å².